The zero-order valence-electron chi connectivity index (χ0n) is 17.0. The molecule has 1 aliphatic heterocycles. The number of hydrogen-bond donors (Lipinski definition) is 1. The number of nitrogens with zero attached hydrogens (tertiary/aromatic N) is 2. The number of hydrogen-bond acceptors (Lipinski definition) is 6. The van der Waals surface area contributed by atoms with Gasteiger partial charge in [0.2, 0.25) is 0 Å². The first-order valence-corrected chi connectivity index (χ1v) is 9.54. The van der Waals surface area contributed by atoms with Crippen molar-refractivity contribution in [2.24, 2.45) is 0 Å². The van der Waals surface area contributed by atoms with Gasteiger partial charge in [-0.3, -0.25) is 19.7 Å². The Morgan fingerprint density at radius 2 is 1.67 bits per heavy atom. The topological polar surface area (TPSA) is 102 Å². The van der Waals surface area contributed by atoms with Crippen molar-refractivity contribution in [3.63, 3.8) is 0 Å². The van der Waals surface area contributed by atoms with Crippen LogP contribution in [-0.4, -0.2) is 23.8 Å². The lowest BCUT2D eigenvalue weighted by atomic mass is 10.0. The standard InChI is InChI=1S/C23H15F2N3O5/c1-33-19-5-3-2-4-17(19)26-21-20(13-6-9-15(10-7-13)28(31)32)22(29)27(23(21)30)18-11-8-14(24)12-16(18)25/h2-12,26H,1H3. The average molecular weight is 451 g/mol. The van der Waals surface area contributed by atoms with Crippen molar-refractivity contribution in [2.45, 2.75) is 0 Å². The van der Waals surface area contributed by atoms with Gasteiger partial charge in [0.25, 0.3) is 17.5 Å². The van der Waals surface area contributed by atoms with E-state index in [4.69, 9.17) is 4.74 Å². The fourth-order valence-electron chi connectivity index (χ4n) is 3.43. The van der Waals surface area contributed by atoms with Gasteiger partial charge in [0.05, 0.1) is 29.0 Å². The molecule has 0 bridgehead atoms. The number of amides is 2. The van der Waals surface area contributed by atoms with Gasteiger partial charge in [0, 0.05) is 18.2 Å². The van der Waals surface area contributed by atoms with Crippen LogP contribution in [0.1, 0.15) is 5.56 Å². The van der Waals surface area contributed by atoms with Crippen molar-refractivity contribution in [1.82, 2.24) is 0 Å². The molecule has 0 unspecified atom stereocenters. The number of rotatable bonds is 6. The predicted octanol–water partition coefficient (Wildman–Crippen LogP) is 4.28. The molecule has 1 aliphatic rings. The lowest BCUT2D eigenvalue weighted by Gasteiger charge is -2.16. The average Bonchev–Trinajstić information content (AvgIpc) is 3.04. The fraction of sp³-hybridized carbons (Fsp3) is 0.0435. The minimum absolute atomic E-state index is 0.135. The highest BCUT2D eigenvalue weighted by atomic mass is 19.1. The van der Waals surface area contributed by atoms with Crippen LogP contribution in [0.3, 0.4) is 0 Å². The SMILES string of the molecule is COc1ccccc1NC1=C(c2ccc([N+](=O)[O-])cc2)C(=O)N(c2ccc(F)cc2F)C1=O. The summed E-state index contributed by atoms with van der Waals surface area (Å²) in [6, 6.07) is 14.1. The molecule has 1 N–H and O–H groups in total. The maximum absolute atomic E-state index is 14.5. The summed E-state index contributed by atoms with van der Waals surface area (Å²) in [6.45, 7) is 0. The van der Waals surface area contributed by atoms with Gasteiger partial charge < -0.3 is 10.1 Å². The van der Waals surface area contributed by atoms with E-state index in [1.54, 1.807) is 24.3 Å². The third-order valence-corrected chi connectivity index (χ3v) is 4.97. The van der Waals surface area contributed by atoms with Crippen LogP contribution in [-0.2, 0) is 9.59 Å². The summed E-state index contributed by atoms with van der Waals surface area (Å²) in [7, 11) is 1.42. The van der Waals surface area contributed by atoms with Crippen molar-refractivity contribution in [1.29, 1.82) is 0 Å². The highest BCUT2D eigenvalue weighted by molar-refractivity contribution is 6.46. The molecule has 10 heteroatoms. The molecule has 0 saturated carbocycles. The number of imide groups is 1. The van der Waals surface area contributed by atoms with Gasteiger partial charge in [0.15, 0.2) is 0 Å². The maximum atomic E-state index is 14.5. The number of nitro benzene ring substituents is 1. The summed E-state index contributed by atoms with van der Waals surface area (Å²) in [6.07, 6.45) is 0. The number of methoxy groups -OCH3 is 1. The molecule has 2 amide bonds. The maximum Gasteiger partial charge on any atom is 0.282 e. The summed E-state index contributed by atoms with van der Waals surface area (Å²) in [5.74, 6) is -3.36. The van der Waals surface area contributed by atoms with Crippen molar-refractivity contribution in [3.05, 3.63) is 99.7 Å². The van der Waals surface area contributed by atoms with Crippen molar-refractivity contribution in [2.75, 3.05) is 17.3 Å². The van der Waals surface area contributed by atoms with E-state index in [0.717, 1.165) is 12.1 Å². The van der Waals surface area contributed by atoms with E-state index in [2.05, 4.69) is 5.32 Å². The van der Waals surface area contributed by atoms with Crippen LogP contribution in [0.2, 0.25) is 0 Å². The van der Waals surface area contributed by atoms with Gasteiger partial charge in [-0.15, -0.1) is 0 Å². The number of halogens is 2. The number of benzene rings is 3. The lowest BCUT2D eigenvalue weighted by molar-refractivity contribution is -0.384. The number of ether oxygens (including phenoxy) is 1. The number of nitro groups is 1. The Morgan fingerprint density at radius 1 is 0.970 bits per heavy atom. The molecule has 166 valence electrons. The summed E-state index contributed by atoms with van der Waals surface area (Å²) < 4.78 is 33.1. The number of carbonyl (C=O) groups is 2. The third-order valence-electron chi connectivity index (χ3n) is 4.97. The van der Waals surface area contributed by atoms with Crippen LogP contribution in [0.15, 0.2) is 72.4 Å². The molecular weight excluding hydrogens is 436 g/mol. The smallest absolute Gasteiger partial charge is 0.282 e. The molecule has 0 radical (unpaired) electrons. The molecule has 0 fully saturated rings. The van der Waals surface area contributed by atoms with Gasteiger partial charge in [-0.2, -0.15) is 0 Å². The van der Waals surface area contributed by atoms with E-state index in [1.807, 2.05) is 0 Å². The minimum Gasteiger partial charge on any atom is -0.495 e. The molecule has 0 saturated heterocycles. The summed E-state index contributed by atoms with van der Waals surface area (Å²) in [5, 5.41) is 13.9. The van der Waals surface area contributed by atoms with Gasteiger partial charge in [-0.25, -0.2) is 13.7 Å². The Labute approximate surface area is 185 Å². The molecule has 1 heterocycles. The number of para-hydroxylation sites is 2. The Kier molecular flexibility index (Phi) is 5.57. The molecule has 8 nitrogen and oxygen atoms in total. The largest absolute Gasteiger partial charge is 0.495 e. The van der Waals surface area contributed by atoms with E-state index in [9.17, 15) is 28.5 Å². The second kappa shape index (κ2) is 8.50. The van der Waals surface area contributed by atoms with Crippen molar-refractivity contribution in [3.8, 4) is 5.75 Å². The normalized spacial score (nSPS) is 13.5. The second-order valence-corrected chi connectivity index (χ2v) is 6.92. The molecular formula is C23H15F2N3O5. The van der Waals surface area contributed by atoms with Gasteiger partial charge in [0.1, 0.15) is 23.1 Å². The second-order valence-electron chi connectivity index (χ2n) is 6.92. The highest BCUT2D eigenvalue weighted by Gasteiger charge is 2.41. The van der Waals surface area contributed by atoms with Crippen LogP contribution in [0.4, 0.5) is 25.8 Å². The van der Waals surface area contributed by atoms with E-state index in [-0.39, 0.29) is 22.5 Å². The molecule has 0 spiro atoms. The predicted molar refractivity (Wildman–Crippen MR) is 115 cm³/mol. The molecule has 3 aromatic rings. The first-order chi connectivity index (χ1) is 15.8. The minimum atomic E-state index is -1.10. The van der Waals surface area contributed by atoms with Crippen LogP contribution in [0, 0.1) is 21.7 Å². The van der Waals surface area contributed by atoms with Gasteiger partial charge >= 0.3 is 0 Å². The number of carbonyl (C=O) groups excluding carboxylic acids is 2. The van der Waals surface area contributed by atoms with E-state index in [0.29, 0.717) is 22.4 Å². The van der Waals surface area contributed by atoms with E-state index >= 15 is 0 Å². The summed E-state index contributed by atoms with van der Waals surface area (Å²) in [5.41, 5.74) is -0.413. The van der Waals surface area contributed by atoms with Gasteiger partial charge in [-0.05, 0) is 42.0 Å². The quantitative estimate of drug-likeness (QED) is 0.341. The number of nitrogens with one attached hydrogen (secondary N) is 1. The van der Waals surface area contributed by atoms with Gasteiger partial charge in [-0.1, -0.05) is 12.1 Å². The molecule has 0 aromatic heterocycles. The highest BCUT2D eigenvalue weighted by Crippen LogP contribution is 2.36. The fourth-order valence-corrected chi connectivity index (χ4v) is 3.43. The Balaban J connectivity index is 1.86. The summed E-state index contributed by atoms with van der Waals surface area (Å²) >= 11 is 0. The van der Waals surface area contributed by atoms with Crippen molar-refractivity contribution >= 4 is 34.4 Å². The lowest BCUT2D eigenvalue weighted by Crippen LogP contribution is -2.33. The summed E-state index contributed by atoms with van der Waals surface area (Å²) in [4.78, 5) is 37.6. The number of non-ortho nitro benzene ring substituents is 1. The zero-order chi connectivity index (χ0) is 23.7. The molecule has 33 heavy (non-hydrogen) atoms. The third kappa shape index (κ3) is 3.89. The molecule has 4 rings (SSSR count). The Bertz CT molecular complexity index is 1320. The van der Waals surface area contributed by atoms with Crippen molar-refractivity contribution < 1.29 is 28.0 Å². The Hall–Kier alpha value is -4.60. The first kappa shape index (κ1) is 21.6. The zero-order valence-corrected chi connectivity index (χ0v) is 17.0. The van der Waals surface area contributed by atoms with Crippen LogP contribution in [0.5, 0.6) is 5.75 Å². The van der Waals surface area contributed by atoms with E-state index in [1.165, 1.54) is 31.4 Å². The molecule has 0 aliphatic carbocycles. The molecule has 0 atom stereocenters. The monoisotopic (exact) mass is 451 g/mol. The van der Waals surface area contributed by atoms with Crippen LogP contribution < -0.4 is 15.0 Å². The first-order valence-electron chi connectivity index (χ1n) is 9.54. The van der Waals surface area contributed by atoms with Crippen LogP contribution >= 0.6 is 0 Å². The number of anilines is 2. The van der Waals surface area contributed by atoms with Crippen LogP contribution in [0.25, 0.3) is 5.57 Å². The molecule has 3 aromatic carbocycles. The van der Waals surface area contributed by atoms with E-state index < -0.39 is 34.1 Å². The Morgan fingerprint density at radius 3 is 2.30 bits per heavy atom.